The average molecular weight is 345 g/mol. The average Bonchev–Trinajstić information content (AvgIpc) is 3.10. The topological polar surface area (TPSA) is 39.7 Å². The van der Waals surface area contributed by atoms with E-state index >= 15 is 0 Å². The molecular formula is C19H28N4S. The number of aryl methyl sites for hydroxylation is 1. The highest BCUT2D eigenvalue weighted by Crippen LogP contribution is 2.13. The molecule has 130 valence electrons. The van der Waals surface area contributed by atoms with E-state index < -0.39 is 0 Å². The monoisotopic (exact) mass is 344 g/mol. The standard InChI is InChI=1S/C19H28N4S/c1-20-19(22-14-12-18-7-5-15-24-18)21-13-4-6-16-8-10-17(11-9-16)23(2)3/h5,7-11,15H,4,6,12-14H2,1-3H3,(H2,20,21,22). The predicted octanol–water partition coefficient (Wildman–Crippen LogP) is 3.15. The second kappa shape index (κ2) is 9.98. The molecule has 0 bridgehead atoms. The summed E-state index contributed by atoms with van der Waals surface area (Å²) < 4.78 is 0. The summed E-state index contributed by atoms with van der Waals surface area (Å²) in [5, 5.41) is 8.87. The molecule has 0 saturated carbocycles. The Labute approximate surface area is 149 Å². The lowest BCUT2D eigenvalue weighted by Crippen LogP contribution is -2.38. The van der Waals surface area contributed by atoms with E-state index in [1.165, 1.54) is 16.1 Å². The highest BCUT2D eigenvalue weighted by molar-refractivity contribution is 7.09. The molecule has 2 aromatic rings. The Morgan fingerprint density at radius 1 is 1.04 bits per heavy atom. The van der Waals surface area contributed by atoms with Gasteiger partial charge >= 0.3 is 0 Å². The Balaban J connectivity index is 1.62. The number of nitrogens with one attached hydrogen (secondary N) is 2. The molecule has 24 heavy (non-hydrogen) atoms. The molecule has 1 aromatic carbocycles. The number of aliphatic imine (C=N–C) groups is 1. The van der Waals surface area contributed by atoms with Gasteiger partial charge in [0.05, 0.1) is 0 Å². The van der Waals surface area contributed by atoms with Crippen molar-refractivity contribution in [2.75, 3.05) is 39.1 Å². The number of hydrogen-bond acceptors (Lipinski definition) is 3. The van der Waals surface area contributed by atoms with Crippen LogP contribution < -0.4 is 15.5 Å². The van der Waals surface area contributed by atoms with Gasteiger partial charge in [-0.05, 0) is 48.4 Å². The Kier molecular flexibility index (Phi) is 7.62. The van der Waals surface area contributed by atoms with Crippen molar-refractivity contribution in [3.8, 4) is 0 Å². The van der Waals surface area contributed by atoms with Crippen molar-refractivity contribution in [3.63, 3.8) is 0 Å². The van der Waals surface area contributed by atoms with E-state index in [1.807, 2.05) is 7.05 Å². The van der Waals surface area contributed by atoms with E-state index in [9.17, 15) is 0 Å². The third-order valence-corrected chi connectivity index (χ3v) is 4.79. The van der Waals surface area contributed by atoms with Crippen LogP contribution in [0.3, 0.4) is 0 Å². The van der Waals surface area contributed by atoms with E-state index in [4.69, 9.17) is 0 Å². The number of benzene rings is 1. The zero-order valence-corrected chi connectivity index (χ0v) is 15.7. The molecule has 2 rings (SSSR count). The van der Waals surface area contributed by atoms with Gasteiger partial charge in [-0.15, -0.1) is 11.3 Å². The molecule has 0 spiro atoms. The van der Waals surface area contributed by atoms with E-state index in [2.05, 4.69) is 76.4 Å². The zero-order valence-electron chi connectivity index (χ0n) is 14.9. The third-order valence-electron chi connectivity index (χ3n) is 3.85. The van der Waals surface area contributed by atoms with Crippen LogP contribution in [0.1, 0.15) is 16.9 Å². The first-order valence-corrected chi connectivity index (χ1v) is 9.30. The van der Waals surface area contributed by atoms with Gasteiger partial charge in [0, 0.05) is 44.8 Å². The number of rotatable bonds is 8. The van der Waals surface area contributed by atoms with Gasteiger partial charge in [-0.25, -0.2) is 0 Å². The van der Waals surface area contributed by atoms with Crippen molar-refractivity contribution in [2.45, 2.75) is 19.3 Å². The molecule has 0 aliphatic carbocycles. The number of thiophene rings is 1. The highest BCUT2D eigenvalue weighted by atomic mass is 32.1. The minimum Gasteiger partial charge on any atom is -0.378 e. The fourth-order valence-electron chi connectivity index (χ4n) is 2.44. The molecule has 0 saturated heterocycles. The molecule has 1 heterocycles. The lowest BCUT2D eigenvalue weighted by Gasteiger charge is -2.13. The maximum atomic E-state index is 4.27. The largest absolute Gasteiger partial charge is 0.378 e. The molecule has 0 unspecified atom stereocenters. The maximum Gasteiger partial charge on any atom is 0.190 e. The zero-order chi connectivity index (χ0) is 17.2. The number of guanidine groups is 1. The smallest absolute Gasteiger partial charge is 0.190 e. The van der Waals surface area contributed by atoms with E-state index in [1.54, 1.807) is 11.3 Å². The van der Waals surface area contributed by atoms with E-state index in [0.717, 1.165) is 38.3 Å². The van der Waals surface area contributed by atoms with Crippen LogP contribution in [0.2, 0.25) is 0 Å². The summed E-state index contributed by atoms with van der Waals surface area (Å²) in [5.41, 5.74) is 2.62. The summed E-state index contributed by atoms with van der Waals surface area (Å²) in [7, 11) is 5.95. The van der Waals surface area contributed by atoms with Crippen LogP contribution in [0.15, 0.2) is 46.8 Å². The van der Waals surface area contributed by atoms with Crippen LogP contribution in [0.4, 0.5) is 5.69 Å². The Morgan fingerprint density at radius 3 is 2.42 bits per heavy atom. The van der Waals surface area contributed by atoms with Crippen LogP contribution >= 0.6 is 11.3 Å². The Hall–Kier alpha value is -2.01. The second-order valence-corrected chi connectivity index (χ2v) is 6.95. The van der Waals surface area contributed by atoms with Gasteiger partial charge in [-0.3, -0.25) is 4.99 Å². The van der Waals surface area contributed by atoms with Gasteiger partial charge in [0.25, 0.3) is 0 Å². The number of nitrogens with zero attached hydrogens (tertiary/aromatic N) is 2. The van der Waals surface area contributed by atoms with Crippen LogP contribution in [0.5, 0.6) is 0 Å². The summed E-state index contributed by atoms with van der Waals surface area (Å²) >= 11 is 1.80. The first-order chi connectivity index (χ1) is 11.7. The van der Waals surface area contributed by atoms with E-state index in [0.29, 0.717) is 0 Å². The van der Waals surface area contributed by atoms with Gasteiger partial charge in [0.15, 0.2) is 5.96 Å². The predicted molar refractivity (Wildman–Crippen MR) is 106 cm³/mol. The van der Waals surface area contributed by atoms with Crippen molar-refractivity contribution in [3.05, 3.63) is 52.2 Å². The Bertz CT molecular complexity index is 603. The molecule has 1 aromatic heterocycles. The highest BCUT2D eigenvalue weighted by Gasteiger charge is 2.00. The molecule has 0 fully saturated rings. The van der Waals surface area contributed by atoms with Gasteiger partial charge in [0.2, 0.25) is 0 Å². The summed E-state index contributed by atoms with van der Waals surface area (Å²) in [6.45, 7) is 1.83. The van der Waals surface area contributed by atoms with Crippen LogP contribution in [-0.2, 0) is 12.8 Å². The fourth-order valence-corrected chi connectivity index (χ4v) is 3.15. The lowest BCUT2D eigenvalue weighted by molar-refractivity contribution is 0.740. The summed E-state index contributed by atoms with van der Waals surface area (Å²) in [4.78, 5) is 7.80. The molecule has 4 nitrogen and oxygen atoms in total. The van der Waals surface area contributed by atoms with Crippen LogP contribution in [-0.4, -0.2) is 40.2 Å². The first-order valence-electron chi connectivity index (χ1n) is 8.42. The fraction of sp³-hybridized carbons (Fsp3) is 0.421. The van der Waals surface area contributed by atoms with E-state index in [-0.39, 0.29) is 0 Å². The van der Waals surface area contributed by atoms with Gasteiger partial charge < -0.3 is 15.5 Å². The normalized spacial score (nSPS) is 11.4. The molecule has 0 radical (unpaired) electrons. The summed E-state index contributed by atoms with van der Waals surface area (Å²) in [6.07, 6.45) is 3.20. The molecule has 0 aliphatic rings. The van der Waals surface area contributed by atoms with Crippen molar-refractivity contribution < 1.29 is 0 Å². The second-order valence-electron chi connectivity index (χ2n) is 5.92. The molecule has 0 amide bonds. The van der Waals surface area contributed by atoms with Gasteiger partial charge in [-0.1, -0.05) is 18.2 Å². The quantitative estimate of drug-likeness (QED) is 0.439. The summed E-state index contributed by atoms with van der Waals surface area (Å²) in [6, 6.07) is 13.0. The van der Waals surface area contributed by atoms with Gasteiger partial charge in [-0.2, -0.15) is 0 Å². The lowest BCUT2D eigenvalue weighted by atomic mass is 10.1. The number of hydrogen-bond donors (Lipinski definition) is 2. The minimum absolute atomic E-state index is 0.884. The van der Waals surface area contributed by atoms with Crippen LogP contribution in [0, 0.1) is 0 Å². The Morgan fingerprint density at radius 2 is 1.79 bits per heavy atom. The van der Waals surface area contributed by atoms with Crippen LogP contribution in [0.25, 0.3) is 0 Å². The third kappa shape index (κ3) is 6.24. The van der Waals surface area contributed by atoms with Crippen molar-refractivity contribution in [1.29, 1.82) is 0 Å². The van der Waals surface area contributed by atoms with Crippen molar-refractivity contribution in [2.24, 2.45) is 4.99 Å². The number of anilines is 1. The summed E-state index contributed by atoms with van der Waals surface area (Å²) in [5.74, 6) is 0.884. The molecular weight excluding hydrogens is 316 g/mol. The first kappa shape index (κ1) is 18.3. The van der Waals surface area contributed by atoms with Gasteiger partial charge in [0.1, 0.15) is 0 Å². The minimum atomic E-state index is 0.884. The molecule has 0 atom stereocenters. The maximum absolute atomic E-state index is 4.27. The SMILES string of the molecule is CN=C(NCCCc1ccc(N(C)C)cc1)NCCc1cccs1. The van der Waals surface area contributed by atoms with Crippen molar-refractivity contribution in [1.82, 2.24) is 10.6 Å². The molecule has 0 aliphatic heterocycles. The van der Waals surface area contributed by atoms with Crippen molar-refractivity contribution >= 4 is 23.0 Å². The molecule has 5 heteroatoms. The molecule has 2 N–H and O–H groups in total.